The molecule has 0 saturated carbocycles. The molecular weight excluding hydrogens is 447 g/mol. The predicted molar refractivity (Wildman–Crippen MR) is 86.2 cm³/mol. The number of anilines is 1. The zero-order valence-electron chi connectivity index (χ0n) is 9.38. The summed E-state index contributed by atoms with van der Waals surface area (Å²) >= 11 is 11.1. The van der Waals surface area contributed by atoms with Crippen LogP contribution in [0.3, 0.4) is 0 Å². The van der Waals surface area contributed by atoms with Gasteiger partial charge in [0.15, 0.2) is 0 Å². The highest BCUT2D eigenvalue weighted by Crippen LogP contribution is 2.23. The Kier molecular flexibility index (Phi) is 4.81. The Bertz CT molecular complexity index is 651. The van der Waals surface area contributed by atoms with E-state index >= 15 is 0 Å². The first-order chi connectivity index (χ1) is 8.97. The molecule has 2 aromatic rings. The van der Waals surface area contributed by atoms with Crippen LogP contribution in [-0.2, 0) is 0 Å². The quantitative estimate of drug-likeness (QED) is 0.629. The molecule has 0 spiro atoms. The first-order valence-corrected chi connectivity index (χ1v) is 7.44. The largest absolute Gasteiger partial charge is 0.321 e. The number of nitrogens with one attached hydrogen (secondary N) is 1. The molecule has 2 aromatic carbocycles. The van der Waals surface area contributed by atoms with E-state index in [0.29, 0.717) is 15.2 Å². The molecule has 0 radical (unpaired) electrons. The van der Waals surface area contributed by atoms with Gasteiger partial charge in [-0.25, -0.2) is 4.39 Å². The molecule has 0 unspecified atom stereocenters. The molecule has 2 rings (SSSR count). The van der Waals surface area contributed by atoms with Gasteiger partial charge in [-0.3, -0.25) is 4.79 Å². The van der Waals surface area contributed by atoms with Crippen molar-refractivity contribution in [3.8, 4) is 0 Å². The van der Waals surface area contributed by atoms with Gasteiger partial charge >= 0.3 is 0 Å². The molecule has 2 nitrogen and oxygen atoms in total. The second kappa shape index (κ2) is 6.19. The van der Waals surface area contributed by atoms with Crippen LogP contribution in [0.5, 0.6) is 0 Å². The van der Waals surface area contributed by atoms with Crippen molar-refractivity contribution in [2.75, 3.05) is 5.32 Å². The van der Waals surface area contributed by atoms with Gasteiger partial charge in [-0.05, 0) is 59.0 Å². The summed E-state index contributed by atoms with van der Waals surface area (Å²) in [6.07, 6.45) is 0. The summed E-state index contributed by atoms with van der Waals surface area (Å²) in [6, 6.07) is 9.28. The maximum Gasteiger partial charge on any atom is 0.258 e. The number of hydrogen-bond acceptors (Lipinski definition) is 1. The summed E-state index contributed by atoms with van der Waals surface area (Å²) in [7, 11) is 0. The smallest absolute Gasteiger partial charge is 0.258 e. The highest BCUT2D eigenvalue weighted by atomic mass is 127. The maximum atomic E-state index is 13.6. The van der Waals surface area contributed by atoms with Crippen molar-refractivity contribution in [1.82, 2.24) is 0 Å². The van der Waals surface area contributed by atoms with Gasteiger partial charge in [0.1, 0.15) is 5.82 Å². The van der Waals surface area contributed by atoms with Crippen LogP contribution in [0.15, 0.2) is 40.9 Å². The normalized spacial score (nSPS) is 10.3. The lowest BCUT2D eigenvalue weighted by molar-refractivity contribution is 0.102. The summed E-state index contributed by atoms with van der Waals surface area (Å²) in [4.78, 5) is 12.0. The molecule has 0 heterocycles. The maximum absolute atomic E-state index is 13.6. The van der Waals surface area contributed by atoms with E-state index < -0.39 is 11.7 Å². The summed E-state index contributed by atoms with van der Waals surface area (Å²) < 4.78 is 15.0. The summed E-state index contributed by atoms with van der Waals surface area (Å²) in [5.74, 6) is -1.07. The topological polar surface area (TPSA) is 29.1 Å². The van der Waals surface area contributed by atoms with Crippen LogP contribution in [0.4, 0.5) is 10.1 Å². The fraction of sp³-hybridized carbons (Fsp3) is 0. The molecule has 1 amide bonds. The molecule has 98 valence electrons. The molecule has 1 N–H and O–H groups in total. The van der Waals surface area contributed by atoms with Crippen LogP contribution in [0, 0.1) is 9.39 Å². The van der Waals surface area contributed by atoms with Gasteiger partial charge in [-0.1, -0.05) is 27.5 Å². The van der Waals surface area contributed by atoms with Crippen molar-refractivity contribution in [2.24, 2.45) is 0 Å². The number of hydrogen-bond donors (Lipinski definition) is 1. The van der Waals surface area contributed by atoms with E-state index in [1.54, 1.807) is 18.2 Å². The molecule has 6 heteroatoms. The Morgan fingerprint density at radius 1 is 1.26 bits per heavy atom. The standard InChI is InChI=1S/C13H7BrClFINO/c14-7-1-3-10(16)9(5-7)13(19)18-12-4-2-8(15)6-11(12)17/h1-6H,(H,18,19). The van der Waals surface area contributed by atoms with E-state index in [9.17, 15) is 9.18 Å². The number of carbonyl (C=O) groups is 1. The SMILES string of the molecule is O=C(Nc1ccc(Cl)cc1I)c1cc(Br)ccc1F. The second-order valence-electron chi connectivity index (χ2n) is 3.70. The predicted octanol–water partition coefficient (Wildman–Crippen LogP) is 5.10. The van der Waals surface area contributed by atoms with Crippen LogP contribution in [-0.4, -0.2) is 5.91 Å². The molecule has 0 aromatic heterocycles. The second-order valence-corrected chi connectivity index (χ2v) is 6.22. The molecular formula is C13H7BrClFINO. The lowest BCUT2D eigenvalue weighted by Gasteiger charge is -2.08. The van der Waals surface area contributed by atoms with Crippen molar-refractivity contribution >= 4 is 61.7 Å². The summed E-state index contributed by atoms with van der Waals surface area (Å²) in [6.45, 7) is 0. The number of carbonyl (C=O) groups excluding carboxylic acids is 1. The number of rotatable bonds is 2. The molecule has 0 fully saturated rings. The Morgan fingerprint density at radius 3 is 2.68 bits per heavy atom. The minimum atomic E-state index is -0.565. The van der Waals surface area contributed by atoms with Gasteiger partial charge in [0, 0.05) is 13.1 Å². The van der Waals surface area contributed by atoms with Gasteiger partial charge in [0.25, 0.3) is 5.91 Å². The zero-order valence-corrected chi connectivity index (χ0v) is 13.9. The Hall–Kier alpha value is -0.660. The lowest BCUT2D eigenvalue weighted by Crippen LogP contribution is -2.14. The minimum absolute atomic E-state index is 0.0138. The number of benzene rings is 2. The molecule has 0 bridgehead atoms. The van der Waals surface area contributed by atoms with Crippen molar-refractivity contribution in [3.63, 3.8) is 0 Å². The van der Waals surface area contributed by atoms with E-state index in [1.807, 2.05) is 0 Å². The van der Waals surface area contributed by atoms with Crippen LogP contribution in [0.1, 0.15) is 10.4 Å². The molecule has 0 aliphatic heterocycles. The highest BCUT2D eigenvalue weighted by Gasteiger charge is 2.13. The highest BCUT2D eigenvalue weighted by molar-refractivity contribution is 14.1. The number of halogens is 4. The van der Waals surface area contributed by atoms with E-state index in [1.165, 1.54) is 18.2 Å². The van der Waals surface area contributed by atoms with Gasteiger partial charge < -0.3 is 5.32 Å². The van der Waals surface area contributed by atoms with Gasteiger partial charge in [0.2, 0.25) is 0 Å². The molecule has 0 atom stereocenters. The fourth-order valence-electron chi connectivity index (χ4n) is 1.45. The van der Waals surface area contributed by atoms with E-state index in [2.05, 4.69) is 43.8 Å². The third-order valence-corrected chi connectivity index (χ3v) is 3.97. The van der Waals surface area contributed by atoms with Gasteiger partial charge in [-0.2, -0.15) is 0 Å². The Morgan fingerprint density at radius 2 is 2.00 bits per heavy atom. The first-order valence-electron chi connectivity index (χ1n) is 5.19. The Balaban J connectivity index is 2.28. The Labute approximate surface area is 136 Å². The molecule has 19 heavy (non-hydrogen) atoms. The van der Waals surface area contributed by atoms with Crippen LogP contribution < -0.4 is 5.32 Å². The van der Waals surface area contributed by atoms with Crippen molar-refractivity contribution in [1.29, 1.82) is 0 Å². The van der Waals surface area contributed by atoms with E-state index in [0.717, 1.165) is 3.57 Å². The fourth-order valence-corrected chi connectivity index (χ4v) is 2.82. The number of amides is 1. The lowest BCUT2D eigenvalue weighted by atomic mass is 10.2. The van der Waals surface area contributed by atoms with Crippen molar-refractivity contribution < 1.29 is 9.18 Å². The third kappa shape index (κ3) is 3.67. The van der Waals surface area contributed by atoms with Gasteiger partial charge in [-0.15, -0.1) is 0 Å². The summed E-state index contributed by atoms with van der Waals surface area (Å²) in [5, 5.41) is 3.24. The van der Waals surface area contributed by atoms with Crippen molar-refractivity contribution in [2.45, 2.75) is 0 Å². The van der Waals surface area contributed by atoms with E-state index in [4.69, 9.17) is 11.6 Å². The van der Waals surface area contributed by atoms with Crippen LogP contribution in [0.2, 0.25) is 5.02 Å². The monoisotopic (exact) mass is 453 g/mol. The zero-order chi connectivity index (χ0) is 14.0. The van der Waals surface area contributed by atoms with Crippen molar-refractivity contribution in [3.05, 3.63) is 60.8 Å². The van der Waals surface area contributed by atoms with E-state index in [-0.39, 0.29) is 5.56 Å². The molecule has 0 saturated heterocycles. The third-order valence-electron chi connectivity index (χ3n) is 2.35. The van der Waals surface area contributed by atoms with Crippen LogP contribution in [0.25, 0.3) is 0 Å². The molecule has 0 aliphatic carbocycles. The van der Waals surface area contributed by atoms with Crippen LogP contribution >= 0.6 is 50.1 Å². The molecule has 0 aliphatic rings. The average molecular weight is 454 g/mol. The van der Waals surface area contributed by atoms with Gasteiger partial charge in [0.05, 0.1) is 11.3 Å². The average Bonchev–Trinajstić information content (AvgIpc) is 2.35. The summed E-state index contributed by atoms with van der Waals surface area (Å²) in [5.41, 5.74) is 0.578. The first kappa shape index (κ1) is 14.7. The minimum Gasteiger partial charge on any atom is -0.321 e.